The first-order valence-electron chi connectivity index (χ1n) is 5.75. The Balaban J connectivity index is 2.73. The van der Waals surface area contributed by atoms with Crippen LogP contribution >= 0.6 is 23.4 Å². The zero-order valence-electron chi connectivity index (χ0n) is 10.6. The molecule has 0 spiro atoms. The van der Waals surface area contributed by atoms with Crippen molar-refractivity contribution in [3.63, 3.8) is 0 Å². The highest BCUT2D eigenvalue weighted by atomic mass is 35.5. The van der Waals surface area contributed by atoms with E-state index in [1.165, 1.54) is 0 Å². The third-order valence-electron chi connectivity index (χ3n) is 2.61. The van der Waals surface area contributed by atoms with Gasteiger partial charge >= 0.3 is 0 Å². The summed E-state index contributed by atoms with van der Waals surface area (Å²) in [6.07, 6.45) is 2.54. The van der Waals surface area contributed by atoms with Gasteiger partial charge in [0.2, 0.25) is 0 Å². The molecule has 5 heteroatoms. The van der Waals surface area contributed by atoms with Crippen molar-refractivity contribution >= 4 is 29.3 Å². The number of hydrogen-bond donors (Lipinski definition) is 2. The van der Waals surface area contributed by atoms with Gasteiger partial charge in [-0.15, -0.1) is 0 Å². The predicted octanol–water partition coefficient (Wildman–Crippen LogP) is 2.49. The van der Waals surface area contributed by atoms with E-state index in [9.17, 15) is 4.79 Å². The molecule has 0 heterocycles. The third-order valence-corrected chi connectivity index (χ3v) is 3.58. The van der Waals surface area contributed by atoms with E-state index in [0.29, 0.717) is 17.0 Å². The minimum absolute atomic E-state index is 0.00687. The van der Waals surface area contributed by atoms with Crippen LogP contribution in [0.25, 0.3) is 0 Å². The molecule has 0 radical (unpaired) electrons. The van der Waals surface area contributed by atoms with Gasteiger partial charge in [0.25, 0.3) is 5.91 Å². The first kappa shape index (κ1) is 15.3. The van der Waals surface area contributed by atoms with Crippen molar-refractivity contribution in [1.29, 1.82) is 0 Å². The molecule has 0 aliphatic carbocycles. The summed E-state index contributed by atoms with van der Waals surface area (Å²) in [5, 5.41) is 12.5. The second kappa shape index (κ2) is 7.67. The normalized spacial score (nSPS) is 12.2. The molecule has 2 N–H and O–H groups in total. The highest BCUT2D eigenvalue weighted by Crippen LogP contribution is 2.15. The van der Waals surface area contributed by atoms with Crippen molar-refractivity contribution in [2.45, 2.75) is 19.4 Å². The van der Waals surface area contributed by atoms with Crippen molar-refractivity contribution in [3.8, 4) is 0 Å². The molecule has 1 unspecified atom stereocenters. The number of halogens is 1. The van der Waals surface area contributed by atoms with Crippen molar-refractivity contribution < 1.29 is 9.90 Å². The number of nitrogens with one attached hydrogen (secondary N) is 1. The molecule has 0 saturated heterocycles. The molecular weight excluding hydrogens is 270 g/mol. The number of carbonyl (C=O) groups excluding carboxylic acids is 1. The molecule has 0 aromatic heterocycles. The highest BCUT2D eigenvalue weighted by Gasteiger charge is 2.14. The minimum atomic E-state index is -0.114. The summed E-state index contributed by atoms with van der Waals surface area (Å²) < 4.78 is 0. The fourth-order valence-corrected chi connectivity index (χ4v) is 2.58. The maximum Gasteiger partial charge on any atom is 0.251 e. The van der Waals surface area contributed by atoms with Crippen molar-refractivity contribution in [2.24, 2.45) is 0 Å². The lowest BCUT2D eigenvalue weighted by Gasteiger charge is -2.17. The second-order valence-electron chi connectivity index (χ2n) is 4.10. The van der Waals surface area contributed by atoms with Gasteiger partial charge in [0.1, 0.15) is 0 Å². The Labute approximate surface area is 117 Å². The van der Waals surface area contributed by atoms with E-state index >= 15 is 0 Å². The summed E-state index contributed by atoms with van der Waals surface area (Å²) in [5.74, 6) is 0.676. The van der Waals surface area contributed by atoms with Crippen LogP contribution in [0.4, 0.5) is 0 Å². The van der Waals surface area contributed by atoms with Gasteiger partial charge in [-0.3, -0.25) is 4.79 Å². The molecule has 0 aliphatic heterocycles. The van der Waals surface area contributed by atoms with Crippen LogP contribution in [-0.2, 0) is 0 Å². The number of carbonyl (C=O) groups is 1. The Morgan fingerprint density at radius 2 is 2.28 bits per heavy atom. The molecule has 1 amide bonds. The van der Waals surface area contributed by atoms with Crippen LogP contribution < -0.4 is 5.32 Å². The van der Waals surface area contributed by atoms with E-state index in [0.717, 1.165) is 11.3 Å². The number of benzene rings is 1. The van der Waals surface area contributed by atoms with Gasteiger partial charge in [-0.05, 0) is 43.4 Å². The number of rotatable bonds is 6. The van der Waals surface area contributed by atoms with E-state index in [2.05, 4.69) is 5.32 Å². The van der Waals surface area contributed by atoms with Gasteiger partial charge in [0.05, 0.1) is 0 Å². The largest absolute Gasteiger partial charge is 0.396 e. The van der Waals surface area contributed by atoms with Crippen LogP contribution in [0.3, 0.4) is 0 Å². The number of amides is 1. The Hall–Kier alpha value is -0.710. The number of aliphatic hydroxyl groups excluding tert-OH is 1. The monoisotopic (exact) mass is 287 g/mol. The van der Waals surface area contributed by atoms with Gasteiger partial charge in [-0.2, -0.15) is 11.8 Å². The lowest BCUT2D eigenvalue weighted by atomic mass is 10.1. The van der Waals surface area contributed by atoms with Gasteiger partial charge < -0.3 is 10.4 Å². The molecule has 0 fully saturated rings. The molecule has 1 rings (SSSR count). The first-order chi connectivity index (χ1) is 8.58. The van der Waals surface area contributed by atoms with Crippen LogP contribution in [0, 0.1) is 6.92 Å². The molecule has 0 aliphatic rings. The molecule has 0 bridgehead atoms. The summed E-state index contributed by atoms with van der Waals surface area (Å²) in [7, 11) is 0. The average molecular weight is 288 g/mol. The van der Waals surface area contributed by atoms with E-state index in [-0.39, 0.29) is 18.6 Å². The Kier molecular flexibility index (Phi) is 6.54. The van der Waals surface area contributed by atoms with E-state index < -0.39 is 0 Å². The summed E-state index contributed by atoms with van der Waals surface area (Å²) in [6, 6.07) is 5.19. The molecule has 18 heavy (non-hydrogen) atoms. The molecule has 0 saturated carbocycles. The molecule has 1 aromatic carbocycles. The number of aliphatic hydroxyl groups is 1. The number of thioether (sulfide) groups is 1. The van der Waals surface area contributed by atoms with Crippen molar-refractivity contribution in [3.05, 3.63) is 34.3 Å². The fourth-order valence-electron chi connectivity index (χ4n) is 1.70. The van der Waals surface area contributed by atoms with Gasteiger partial charge in [0, 0.05) is 29.0 Å². The summed E-state index contributed by atoms with van der Waals surface area (Å²) in [5.41, 5.74) is 1.48. The van der Waals surface area contributed by atoms with Crippen LogP contribution in [0.2, 0.25) is 5.02 Å². The maximum absolute atomic E-state index is 12.1. The topological polar surface area (TPSA) is 49.3 Å². The van der Waals surface area contributed by atoms with Gasteiger partial charge in [-0.1, -0.05) is 11.6 Å². The average Bonchev–Trinajstić information content (AvgIpc) is 2.29. The lowest BCUT2D eigenvalue weighted by molar-refractivity contribution is 0.0934. The number of hydrogen-bond acceptors (Lipinski definition) is 3. The van der Waals surface area contributed by atoms with E-state index in [1.807, 2.05) is 13.2 Å². The molecule has 100 valence electrons. The van der Waals surface area contributed by atoms with Crippen molar-refractivity contribution in [2.75, 3.05) is 18.6 Å². The van der Waals surface area contributed by atoms with Gasteiger partial charge in [-0.25, -0.2) is 0 Å². The van der Waals surface area contributed by atoms with Crippen LogP contribution in [0.15, 0.2) is 18.2 Å². The fraction of sp³-hybridized carbons (Fsp3) is 0.462. The van der Waals surface area contributed by atoms with Crippen LogP contribution in [-0.4, -0.2) is 35.7 Å². The third kappa shape index (κ3) is 4.52. The second-order valence-corrected chi connectivity index (χ2v) is 5.44. The molecule has 3 nitrogen and oxygen atoms in total. The first-order valence-corrected chi connectivity index (χ1v) is 7.52. The summed E-state index contributed by atoms with van der Waals surface area (Å²) in [6.45, 7) is 1.93. The Bertz CT molecular complexity index is 406. The molecular formula is C13H18ClNO2S. The molecule has 1 atom stereocenters. The Morgan fingerprint density at radius 3 is 2.83 bits per heavy atom. The summed E-state index contributed by atoms with van der Waals surface area (Å²) >= 11 is 7.51. The van der Waals surface area contributed by atoms with Crippen LogP contribution in [0.1, 0.15) is 22.3 Å². The molecule has 1 aromatic rings. The number of aryl methyl sites for hydroxylation is 1. The van der Waals surface area contributed by atoms with Gasteiger partial charge in [0.15, 0.2) is 0 Å². The van der Waals surface area contributed by atoms with E-state index in [1.54, 1.807) is 30.0 Å². The smallest absolute Gasteiger partial charge is 0.251 e. The predicted molar refractivity (Wildman–Crippen MR) is 77.5 cm³/mol. The zero-order chi connectivity index (χ0) is 13.5. The summed E-state index contributed by atoms with van der Waals surface area (Å²) in [4.78, 5) is 12.1. The van der Waals surface area contributed by atoms with Crippen LogP contribution in [0.5, 0.6) is 0 Å². The van der Waals surface area contributed by atoms with Crippen molar-refractivity contribution in [1.82, 2.24) is 5.32 Å². The standard InChI is InChI=1S/C13H18ClNO2S/c1-9-7-10(14)3-4-12(9)13(17)15-11(5-6-16)8-18-2/h3-4,7,11,16H,5-6,8H2,1-2H3,(H,15,17). The lowest BCUT2D eigenvalue weighted by Crippen LogP contribution is -2.37. The maximum atomic E-state index is 12.1. The van der Waals surface area contributed by atoms with E-state index in [4.69, 9.17) is 16.7 Å². The minimum Gasteiger partial charge on any atom is -0.396 e. The zero-order valence-corrected chi connectivity index (χ0v) is 12.1. The highest BCUT2D eigenvalue weighted by molar-refractivity contribution is 7.98. The Morgan fingerprint density at radius 1 is 1.56 bits per heavy atom. The SMILES string of the molecule is CSCC(CCO)NC(=O)c1ccc(Cl)cc1C. The quantitative estimate of drug-likeness (QED) is 0.845.